The summed E-state index contributed by atoms with van der Waals surface area (Å²) in [6.45, 7) is 1.87. The quantitative estimate of drug-likeness (QED) is 0.163. The minimum Gasteiger partial charge on any atom is -0.507 e. The number of H-pyrrole nitrogens is 1. The SMILES string of the molecule is Cc1ccc(N2C(=O)C(=O)/C(=C(/O)c3cccc4ccccc34)C2c2c[nH]c3ccccc23)cc1Cl. The largest absolute Gasteiger partial charge is 0.507 e. The maximum atomic E-state index is 13.6. The molecule has 1 aliphatic rings. The Kier molecular flexibility index (Phi) is 5.16. The van der Waals surface area contributed by atoms with Crippen molar-refractivity contribution in [3.63, 3.8) is 0 Å². The zero-order valence-electron chi connectivity index (χ0n) is 19.3. The molecule has 2 N–H and O–H groups in total. The van der Waals surface area contributed by atoms with Crippen LogP contribution < -0.4 is 4.90 Å². The molecule has 6 rings (SSSR count). The van der Waals surface area contributed by atoms with Gasteiger partial charge < -0.3 is 10.1 Å². The standard InChI is InChI=1S/C30H21ClN2O3/c1-17-13-14-19(15-24(17)31)33-27(23-16-32-25-12-5-4-10-21(23)25)26(29(35)30(33)36)28(34)22-11-6-8-18-7-2-3-9-20(18)22/h2-16,27,32,34H,1H3/b28-26+. The molecule has 1 saturated heterocycles. The van der Waals surface area contributed by atoms with Gasteiger partial charge >= 0.3 is 0 Å². The summed E-state index contributed by atoms with van der Waals surface area (Å²) in [6, 6.07) is 25.2. The van der Waals surface area contributed by atoms with Crippen molar-refractivity contribution in [3.05, 3.63) is 118 Å². The molecule has 1 aromatic heterocycles. The van der Waals surface area contributed by atoms with Crippen molar-refractivity contribution in [2.24, 2.45) is 0 Å². The molecule has 0 aliphatic carbocycles. The molecule has 0 saturated carbocycles. The molecule has 4 aromatic carbocycles. The van der Waals surface area contributed by atoms with Crippen LogP contribution in [-0.4, -0.2) is 21.8 Å². The van der Waals surface area contributed by atoms with Gasteiger partial charge in [0.05, 0.1) is 11.6 Å². The first-order valence-electron chi connectivity index (χ1n) is 11.6. The van der Waals surface area contributed by atoms with E-state index in [1.54, 1.807) is 24.4 Å². The lowest BCUT2D eigenvalue weighted by Gasteiger charge is -2.25. The van der Waals surface area contributed by atoms with E-state index in [0.29, 0.717) is 21.8 Å². The molecule has 0 spiro atoms. The van der Waals surface area contributed by atoms with E-state index < -0.39 is 17.7 Å². The first-order valence-corrected chi connectivity index (χ1v) is 11.9. The minimum atomic E-state index is -0.848. The number of nitrogens with zero attached hydrogens (tertiary/aromatic N) is 1. The highest BCUT2D eigenvalue weighted by molar-refractivity contribution is 6.52. The Hall–Kier alpha value is -4.35. The average molecular weight is 493 g/mol. The summed E-state index contributed by atoms with van der Waals surface area (Å²) in [7, 11) is 0. The molecule has 36 heavy (non-hydrogen) atoms. The van der Waals surface area contributed by atoms with Crippen molar-refractivity contribution in [1.82, 2.24) is 4.98 Å². The fourth-order valence-electron chi connectivity index (χ4n) is 5.02. The van der Waals surface area contributed by atoms with Gasteiger partial charge in [0.1, 0.15) is 5.76 Å². The lowest BCUT2D eigenvalue weighted by molar-refractivity contribution is -0.132. The number of aromatic amines is 1. The summed E-state index contributed by atoms with van der Waals surface area (Å²) in [5.74, 6) is -1.67. The molecule has 1 aliphatic heterocycles. The normalized spacial score (nSPS) is 17.4. The van der Waals surface area contributed by atoms with Crippen molar-refractivity contribution < 1.29 is 14.7 Å². The Morgan fingerprint density at radius 1 is 0.917 bits per heavy atom. The second-order valence-corrected chi connectivity index (χ2v) is 9.33. The third-order valence-corrected chi connectivity index (χ3v) is 7.25. The third kappa shape index (κ3) is 3.32. The number of carbonyl (C=O) groups is 2. The van der Waals surface area contributed by atoms with Crippen LogP contribution in [0.5, 0.6) is 0 Å². The van der Waals surface area contributed by atoms with Crippen molar-refractivity contribution in [3.8, 4) is 0 Å². The number of fused-ring (bicyclic) bond motifs is 2. The summed E-state index contributed by atoms with van der Waals surface area (Å²) in [6.07, 6.45) is 1.79. The van der Waals surface area contributed by atoms with Gasteiger partial charge in [-0.2, -0.15) is 0 Å². The molecule has 5 aromatic rings. The monoisotopic (exact) mass is 492 g/mol. The van der Waals surface area contributed by atoms with Crippen LogP contribution in [-0.2, 0) is 9.59 Å². The van der Waals surface area contributed by atoms with Crippen LogP contribution in [0.15, 0.2) is 96.7 Å². The predicted octanol–water partition coefficient (Wildman–Crippen LogP) is 6.91. The highest BCUT2D eigenvalue weighted by atomic mass is 35.5. The van der Waals surface area contributed by atoms with E-state index in [1.807, 2.05) is 73.7 Å². The maximum Gasteiger partial charge on any atom is 0.300 e. The number of aryl methyl sites for hydroxylation is 1. The predicted molar refractivity (Wildman–Crippen MR) is 143 cm³/mol. The van der Waals surface area contributed by atoms with E-state index in [2.05, 4.69) is 4.98 Å². The van der Waals surface area contributed by atoms with Crippen molar-refractivity contribution >= 4 is 56.4 Å². The van der Waals surface area contributed by atoms with Gasteiger partial charge in [0.15, 0.2) is 0 Å². The number of hydrogen-bond acceptors (Lipinski definition) is 3. The van der Waals surface area contributed by atoms with Gasteiger partial charge in [-0.15, -0.1) is 0 Å². The van der Waals surface area contributed by atoms with Gasteiger partial charge in [-0.25, -0.2) is 0 Å². The van der Waals surface area contributed by atoms with Gasteiger partial charge in [-0.1, -0.05) is 78.3 Å². The van der Waals surface area contributed by atoms with Crippen molar-refractivity contribution in [2.75, 3.05) is 4.90 Å². The number of Topliss-reactive ketones (excluding diaryl/α,β-unsaturated/α-hetero) is 1. The number of aromatic nitrogens is 1. The van der Waals surface area contributed by atoms with E-state index in [1.165, 1.54) is 4.90 Å². The average Bonchev–Trinajstić information content (AvgIpc) is 3.43. The van der Waals surface area contributed by atoms with Gasteiger partial charge in [-0.05, 0) is 41.5 Å². The zero-order valence-corrected chi connectivity index (χ0v) is 20.1. The molecular weight excluding hydrogens is 472 g/mol. The molecule has 5 nitrogen and oxygen atoms in total. The van der Waals surface area contributed by atoms with Crippen LogP contribution >= 0.6 is 11.6 Å². The number of aliphatic hydroxyl groups excluding tert-OH is 1. The fourth-order valence-corrected chi connectivity index (χ4v) is 5.20. The molecule has 0 radical (unpaired) electrons. The molecule has 176 valence electrons. The molecule has 1 atom stereocenters. The highest BCUT2D eigenvalue weighted by Crippen LogP contribution is 2.45. The van der Waals surface area contributed by atoms with Crippen LogP contribution in [0.3, 0.4) is 0 Å². The lowest BCUT2D eigenvalue weighted by atomic mass is 9.93. The maximum absolute atomic E-state index is 13.6. The summed E-state index contributed by atoms with van der Waals surface area (Å²) in [5, 5.41) is 14.7. The number of nitrogens with one attached hydrogen (secondary N) is 1. The number of para-hydroxylation sites is 1. The Morgan fingerprint density at radius 2 is 1.64 bits per heavy atom. The van der Waals surface area contributed by atoms with Gasteiger partial charge in [-0.3, -0.25) is 14.5 Å². The summed E-state index contributed by atoms with van der Waals surface area (Å²) in [5.41, 5.74) is 3.46. The second kappa shape index (κ2) is 8.40. The van der Waals surface area contributed by atoms with E-state index in [0.717, 1.165) is 27.2 Å². The Labute approximate surface area is 212 Å². The molecule has 1 fully saturated rings. The number of anilines is 1. The number of amides is 1. The second-order valence-electron chi connectivity index (χ2n) is 8.92. The van der Waals surface area contributed by atoms with E-state index in [-0.39, 0.29) is 11.3 Å². The van der Waals surface area contributed by atoms with Gasteiger partial charge in [0.25, 0.3) is 11.7 Å². The number of benzene rings is 4. The van der Waals surface area contributed by atoms with Crippen LogP contribution in [0.25, 0.3) is 27.4 Å². The first kappa shape index (κ1) is 22.1. The number of aliphatic hydroxyl groups is 1. The molecule has 1 amide bonds. The van der Waals surface area contributed by atoms with Crippen molar-refractivity contribution in [1.29, 1.82) is 0 Å². The number of hydrogen-bond donors (Lipinski definition) is 2. The number of rotatable bonds is 3. The van der Waals surface area contributed by atoms with E-state index >= 15 is 0 Å². The van der Waals surface area contributed by atoms with E-state index in [9.17, 15) is 14.7 Å². The number of ketones is 1. The molecular formula is C30H21ClN2O3. The Morgan fingerprint density at radius 3 is 2.44 bits per heavy atom. The molecule has 6 heteroatoms. The van der Waals surface area contributed by atoms with Gasteiger partial charge in [0, 0.05) is 38.9 Å². The topological polar surface area (TPSA) is 73.4 Å². The minimum absolute atomic E-state index is 0.0396. The molecule has 0 bridgehead atoms. The van der Waals surface area contributed by atoms with Crippen molar-refractivity contribution in [2.45, 2.75) is 13.0 Å². The number of carbonyl (C=O) groups excluding carboxylic acids is 2. The summed E-state index contributed by atoms with van der Waals surface area (Å²) < 4.78 is 0. The molecule has 2 heterocycles. The lowest BCUT2D eigenvalue weighted by Crippen LogP contribution is -2.29. The third-order valence-electron chi connectivity index (χ3n) is 6.84. The van der Waals surface area contributed by atoms with Gasteiger partial charge in [0.2, 0.25) is 0 Å². The fraction of sp³-hybridized carbons (Fsp3) is 0.0667. The smallest absolute Gasteiger partial charge is 0.300 e. The van der Waals surface area contributed by atoms with Crippen LogP contribution in [0.4, 0.5) is 5.69 Å². The first-order chi connectivity index (χ1) is 17.5. The van der Waals surface area contributed by atoms with Crippen LogP contribution in [0, 0.1) is 6.92 Å². The number of halogens is 1. The molecule has 1 unspecified atom stereocenters. The Balaban J connectivity index is 1.65. The summed E-state index contributed by atoms with van der Waals surface area (Å²) in [4.78, 5) is 31.8. The van der Waals surface area contributed by atoms with Crippen LogP contribution in [0.1, 0.15) is 22.7 Å². The zero-order chi connectivity index (χ0) is 25.0. The Bertz CT molecular complexity index is 1730. The van der Waals surface area contributed by atoms with E-state index in [4.69, 9.17) is 11.6 Å². The van der Waals surface area contributed by atoms with Crippen LogP contribution in [0.2, 0.25) is 5.02 Å². The highest BCUT2D eigenvalue weighted by Gasteiger charge is 2.48. The summed E-state index contributed by atoms with van der Waals surface area (Å²) >= 11 is 6.41.